The summed E-state index contributed by atoms with van der Waals surface area (Å²) in [6, 6.07) is 15.1. The molecule has 8 nitrogen and oxygen atoms in total. The van der Waals surface area contributed by atoms with E-state index < -0.39 is 0 Å². The number of anilines is 1. The van der Waals surface area contributed by atoms with Gasteiger partial charge in [0.2, 0.25) is 5.95 Å². The highest BCUT2D eigenvalue weighted by molar-refractivity contribution is 6.30. The van der Waals surface area contributed by atoms with Gasteiger partial charge in [0.1, 0.15) is 11.6 Å². The van der Waals surface area contributed by atoms with Crippen LogP contribution >= 0.6 is 11.6 Å². The number of likely N-dealkylation sites (tertiary alicyclic amines) is 1. The van der Waals surface area contributed by atoms with E-state index in [0.29, 0.717) is 42.2 Å². The van der Waals surface area contributed by atoms with Crippen LogP contribution in [0.1, 0.15) is 77.2 Å². The SMILES string of the molecule is C[C@H](NCc1ccc2c(c1)nc(NC(=O)c1ccc(Cl)cc1)n2CC1CCCN1C(=O)/C(C#N)=C/C(C)(C)C)C(C)(C)C. The zero-order chi connectivity index (χ0) is 31.5. The molecule has 9 heteroatoms. The molecule has 2 N–H and O–H groups in total. The van der Waals surface area contributed by atoms with Crippen LogP contribution in [0.2, 0.25) is 5.02 Å². The van der Waals surface area contributed by atoms with Gasteiger partial charge in [0.25, 0.3) is 11.8 Å². The Labute approximate surface area is 260 Å². The van der Waals surface area contributed by atoms with Gasteiger partial charge in [-0.2, -0.15) is 5.26 Å². The Balaban J connectivity index is 1.67. The fourth-order valence-corrected chi connectivity index (χ4v) is 5.28. The summed E-state index contributed by atoms with van der Waals surface area (Å²) < 4.78 is 1.98. The third kappa shape index (κ3) is 8.04. The number of halogens is 1. The Morgan fingerprint density at radius 3 is 2.47 bits per heavy atom. The number of fused-ring (bicyclic) bond motifs is 1. The zero-order valence-corrected chi connectivity index (χ0v) is 27.0. The lowest BCUT2D eigenvalue weighted by molar-refractivity contribution is -0.127. The topological polar surface area (TPSA) is 103 Å². The van der Waals surface area contributed by atoms with Gasteiger partial charge >= 0.3 is 0 Å². The van der Waals surface area contributed by atoms with Crippen LogP contribution in [0.4, 0.5) is 5.95 Å². The highest BCUT2D eigenvalue weighted by Gasteiger charge is 2.32. The monoisotopic (exact) mass is 602 g/mol. The smallest absolute Gasteiger partial charge is 0.264 e. The van der Waals surface area contributed by atoms with Gasteiger partial charge in [0.15, 0.2) is 0 Å². The molecule has 43 heavy (non-hydrogen) atoms. The lowest BCUT2D eigenvalue weighted by Gasteiger charge is -2.28. The van der Waals surface area contributed by atoms with E-state index in [9.17, 15) is 14.9 Å². The first kappa shape index (κ1) is 32.2. The molecule has 2 atom stereocenters. The van der Waals surface area contributed by atoms with Crippen molar-refractivity contribution >= 4 is 40.4 Å². The minimum Gasteiger partial charge on any atom is -0.333 e. The van der Waals surface area contributed by atoms with Gasteiger partial charge < -0.3 is 14.8 Å². The van der Waals surface area contributed by atoms with E-state index in [0.717, 1.165) is 29.4 Å². The van der Waals surface area contributed by atoms with Gasteiger partial charge in [-0.1, -0.05) is 65.3 Å². The Morgan fingerprint density at radius 1 is 1.14 bits per heavy atom. The minimum absolute atomic E-state index is 0.128. The molecule has 0 saturated carbocycles. The number of aromatic nitrogens is 2. The molecule has 2 aromatic carbocycles. The lowest BCUT2D eigenvalue weighted by Crippen LogP contribution is -2.39. The van der Waals surface area contributed by atoms with Crippen LogP contribution in [0, 0.1) is 22.2 Å². The second-order valence-electron chi connectivity index (χ2n) is 13.6. The van der Waals surface area contributed by atoms with Crippen molar-refractivity contribution in [3.8, 4) is 6.07 Å². The molecule has 1 aromatic heterocycles. The Bertz CT molecular complexity index is 1550. The highest BCUT2D eigenvalue weighted by atomic mass is 35.5. The van der Waals surface area contributed by atoms with Crippen molar-refractivity contribution in [1.82, 2.24) is 19.8 Å². The predicted octanol–water partition coefficient (Wildman–Crippen LogP) is 6.95. The third-order valence-corrected chi connectivity index (χ3v) is 8.27. The summed E-state index contributed by atoms with van der Waals surface area (Å²) >= 11 is 6.03. The van der Waals surface area contributed by atoms with Gasteiger partial charge in [-0.05, 0) is 72.6 Å². The van der Waals surface area contributed by atoms with Crippen LogP contribution in [-0.2, 0) is 17.9 Å². The molecule has 1 aliphatic heterocycles. The first-order valence-corrected chi connectivity index (χ1v) is 15.3. The molecule has 1 aliphatic rings. The first-order chi connectivity index (χ1) is 20.2. The zero-order valence-electron chi connectivity index (χ0n) is 26.3. The summed E-state index contributed by atoms with van der Waals surface area (Å²) in [6.07, 6.45) is 3.37. The normalized spacial score (nSPS) is 16.8. The molecule has 1 unspecified atom stereocenters. The molecule has 0 aliphatic carbocycles. The highest BCUT2D eigenvalue weighted by Crippen LogP contribution is 2.29. The number of carbonyl (C=O) groups excluding carboxylic acids is 2. The second-order valence-corrected chi connectivity index (χ2v) is 14.1. The van der Waals surface area contributed by atoms with Crippen LogP contribution < -0.4 is 10.6 Å². The molecule has 0 radical (unpaired) electrons. The second kappa shape index (κ2) is 12.9. The number of nitrogens with one attached hydrogen (secondary N) is 2. The van der Waals surface area contributed by atoms with Crippen molar-refractivity contribution in [2.24, 2.45) is 10.8 Å². The molecule has 0 bridgehead atoms. The summed E-state index contributed by atoms with van der Waals surface area (Å²) in [5.41, 5.74) is 3.17. The van der Waals surface area contributed by atoms with Gasteiger partial charge in [-0.3, -0.25) is 14.9 Å². The van der Waals surface area contributed by atoms with E-state index in [-0.39, 0.29) is 34.3 Å². The van der Waals surface area contributed by atoms with Crippen LogP contribution in [0.25, 0.3) is 11.0 Å². The fraction of sp³-hybridized carbons (Fsp3) is 0.471. The summed E-state index contributed by atoms with van der Waals surface area (Å²) in [5.74, 6) is -0.140. The van der Waals surface area contributed by atoms with Crippen LogP contribution in [0.15, 0.2) is 54.1 Å². The fourth-order valence-electron chi connectivity index (χ4n) is 5.15. The molecule has 1 saturated heterocycles. The van der Waals surface area contributed by atoms with E-state index in [2.05, 4.69) is 50.5 Å². The maximum Gasteiger partial charge on any atom is 0.264 e. The average Bonchev–Trinajstić information content (AvgIpc) is 3.53. The van der Waals surface area contributed by atoms with Crippen molar-refractivity contribution in [2.75, 3.05) is 11.9 Å². The van der Waals surface area contributed by atoms with E-state index in [1.165, 1.54) is 0 Å². The number of hydrogen-bond acceptors (Lipinski definition) is 5. The molecule has 1 fully saturated rings. The average molecular weight is 603 g/mol. The number of carbonyl (C=O) groups is 2. The maximum atomic E-state index is 13.5. The molecule has 2 amide bonds. The molecular weight excluding hydrogens is 560 g/mol. The van der Waals surface area contributed by atoms with E-state index in [1.54, 1.807) is 35.2 Å². The number of nitrogens with zero attached hydrogens (tertiary/aromatic N) is 4. The van der Waals surface area contributed by atoms with E-state index in [4.69, 9.17) is 16.6 Å². The van der Waals surface area contributed by atoms with Gasteiger partial charge in [0.05, 0.1) is 17.1 Å². The molecule has 4 rings (SSSR count). The van der Waals surface area contributed by atoms with Gasteiger partial charge in [0, 0.05) is 36.3 Å². The maximum absolute atomic E-state index is 13.5. The predicted molar refractivity (Wildman–Crippen MR) is 173 cm³/mol. The van der Waals surface area contributed by atoms with Crippen molar-refractivity contribution in [1.29, 1.82) is 5.26 Å². The van der Waals surface area contributed by atoms with Crippen molar-refractivity contribution < 1.29 is 9.59 Å². The van der Waals surface area contributed by atoms with Gasteiger partial charge in [-0.25, -0.2) is 4.98 Å². The van der Waals surface area contributed by atoms with Crippen LogP contribution in [0.3, 0.4) is 0 Å². The molecule has 2 heterocycles. The number of allylic oxidation sites excluding steroid dienone is 1. The Hall–Kier alpha value is -3.67. The molecular formula is C34H43ClN6O2. The van der Waals surface area contributed by atoms with Crippen LogP contribution in [-0.4, -0.2) is 44.9 Å². The Morgan fingerprint density at radius 2 is 1.84 bits per heavy atom. The standard InChI is InChI=1S/C34H43ClN6O2/c1-22(34(5,6)7)37-20-23-10-15-29-28(17-23)38-32(39-30(42)24-11-13-26(35)14-12-24)41(29)21-27-9-8-16-40(27)31(43)25(19-36)18-33(2,3)4/h10-15,17-18,22,27,37H,8-9,16,20-21H2,1-7H3,(H,38,39,42)/b25-18+/t22-,27?/m0/s1. The Kier molecular flexibility index (Phi) is 9.68. The number of benzene rings is 2. The summed E-state index contributed by atoms with van der Waals surface area (Å²) in [4.78, 5) is 33.4. The van der Waals surface area contributed by atoms with E-state index >= 15 is 0 Å². The lowest BCUT2D eigenvalue weighted by atomic mass is 9.88. The van der Waals surface area contributed by atoms with E-state index in [1.807, 2.05) is 37.5 Å². The number of nitriles is 1. The third-order valence-electron chi connectivity index (χ3n) is 8.02. The number of rotatable bonds is 8. The molecule has 3 aromatic rings. The van der Waals surface area contributed by atoms with Crippen molar-refractivity contribution in [3.63, 3.8) is 0 Å². The summed E-state index contributed by atoms with van der Waals surface area (Å²) in [7, 11) is 0. The number of hydrogen-bond donors (Lipinski definition) is 2. The van der Waals surface area contributed by atoms with Gasteiger partial charge in [-0.15, -0.1) is 0 Å². The molecule has 228 valence electrons. The number of amides is 2. The summed E-state index contributed by atoms with van der Waals surface area (Å²) in [5, 5.41) is 16.9. The number of imidazole rings is 1. The molecule has 0 spiro atoms. The van der Waals surface area contributed by atoms with Crippen LogP contribution in [0.5, 0.6) is 0 Å². The van der Waals surface area contributed by atoms with Crippen molar-refractivity contribution in [3.05, 3.63) is 70.3 Å². The quantitative estimate of drug-likeness (QED) is 0.214. The summed E-state index contributed by atoms with van der Waals surface area (Å²) in [6.45, 7) is 16.4. The largest absolute Gasteiger partial charge is 0.333 e. The first-order valence-electron chi connectivity index (χ1n) is 14.9. The van der Waals surface area contributed by atoms with Crippen molar-refractivity contribution in [2.45, 2.75) is 86.5 Å². The minimum atomic E-state index is -0.299.